The Morgan fingerprint density at radius 2 is 2.07 bits per heavy atom. The average Bonchev–Trinajstić information content (AvgIpc) is 2.43. The molecule has 0 spiro atoms. The number of carbonyl (C=O) groups is 1. The Labute approximate surface area is 92.3 Å². The van der Waals surface area contributed by atoms with Gasteiger partial charge in [0, 0.05) is 27.4 Å². The minimum Gasteiger partial charge on any atom is -0.463 e. The summed E-state index contributed by atoms with van der Waals surface area (Å²) >= 11 is 0. The molecule has 2 aliphatic heterocycles. The molecule has 2 unspecified atom stereocenters. The van der Waals surface area contributed by atoms with Crippen molar-refractivity contribution >= 4 is 16.8 Å². The van der Waals surface area contributed by atoms with Gasteiger partial charge in [-0.3, -0.25) is 4.21 Å². The number of hydrogen-bond donors (Lipinski definition) is 0. The van der Waals surface area contributed by atoms with Crippen LogP contribution >= 0.6 is 0 Å². The van der Waals surface area contributed by atoms with E-state index in [0.717, 1.165) is 31.3 Å². The summed E-state index contributed by atoms with van der Waals surface area (Å²) < 4.78 is 16.6. The van der Waals surface area contributed by atoms with E-state index in [1.54, 1.807) is 13.0 Å². The summed E-state index contributed by atoms with van der Waals surface area (Å²) in [4.78, 5) is 11.3. The lowest BCUT2D eigenvalue weighted by atomic mass is 10.1. The van der Waals surface area contributed by atoms with Gasteiger partial charge in [0.1, 0.15) is 0 Å². The largest absolute Gasteiger partial charge is 0.463 e. The second-order valence-electron chi connectivity index (χ2n) is 4.11. The van der Waals surface area contributed by atoms with Gasteiger partial charge in [-0.25, -0.2) is 4.79 Å². The zero-order valence-electron chi connectivity index (χ0n) is 8.90. The number of rotatable bonds is 2. The maximum absolute atomic E-state index is 11.7. The molecule has 2 fully saturated rings. The highest BCUT2D eigenvalue weighted by molar-refractivity contribution is 7.86. The Morgan fingerprint density at radius 1 is 1.47 bits per heavy atom. The molecule has 2 bridgehead atoms. The Bertz CT molecular complexity index is 304. The molecule has 2 saturated heterocycles. The van der Waals surface area contributed by atoms with E-state index < -0.39 is 10.8 Å². The van der Waals surface area contributed by atoms with Gasteiger partial charge in [0.05, 0.1) is 6.61 Å². The van der Waals surface area contributed by atoms with E-state index in [0.29, 0.717) is 17.1 Å². The van der Waals surface area contributed by atoms with Crippen molar-refractivity contribution in [2.75, 3.05) is 6.61 Å². The van der Waals surface area contributed by atoms with Crippen LogP contribution in [-0.4, -0.2) is 27.3 Å². The zero-order chi connectivity index (χ0) is 10.8. The molecule has 3 nitrogen and oxygen atoms in total. The average molecular weight is 228 g/mol. The summed E-state index contributed by atoms with van der Waals surface area (Å²) in [6.45, 7) is 2.22. The first-order chi connectivity index (χ1) is 7.20. The maximum atomic E-state index is 11.7. The molecule has 15 heavy (non-hydrogen) atoms. The summed E-state index contributed by atoms with van der Waals surface area (Å²) in [5.74, 6) is -0.250. The topological polar surface area (TPSA) is 43.4 Å². The van der Waals surface area contributed by atoms with Gasteiger partial charge in [-0.2, -0.15) is 0 Å². The molecule has 84 valence electrons. The van der Waals surface area contributed by atoms with Crippen molar-refractivity contribution in [3.05, 3.63) is 11.6 Å². The second-order valence-corrected chi connectivity index (χ2v) is 6.10. The number of ether oxygens (including phenoxy) is 1. The minimum atomic E-state index is -0.651. The maximum Gasteiger partial charge on any atom is 0.330 e. The molecule has 0 N–H and O–H groups in total. The van der Waals surface area contributed by atoms with Crippen molar-refractivity contribution in [2.24, 2.45) is 0 Å². The summed E-state index contributed by atoms with van der Waals surface area (Å²) in [5, 5.41) is 0.592. The molecule has 0 aromatic heterocycles. The van der Waals surface area contributed by atoms with E-state index in [1.165, 1.54) is 0 Å². The standard InChI is InChI=1S/C11H16O3S/c1-2-14-11(12)7-8-5-9-3-4-10(6-8)15(9)13/h7,9-10H,2-6H2,1H3. The molecule has 4 heteroatoms. The molecular formula is C11H16O3S. The van der Waals surface area contributed by atoms with Crippen LogP contribution in [0.25, 0.3) is 0 Å². The number of allylic oxidation sites excluding steroid dienone is 1. The molecule has 2 aliphatic rings. The van der Waals surface area contributed by atoms with E-state index in [-0.39, 0.29) is 5.97 Å². The Balaban J connectivity index is 2.02. The van der Waals surface area contributed by atoms with Crippen LogP contribution in [0.4, 0.5) is 0 Å². The van der Waals surface area contributed by atoms with Crippen LogP contribution in [0.2, 0.25) is 0 Å². The lowest BCUT2D eigenvalue weighted by Crippen LogP contribution is -2.23. The van der Waals surface area contributed by atoms with E-state index in [4.69, 9.17) is 4.74 Å². The molecule has 0 amide bonds. The lowest BCUT2D eigenvalue weighted by Gasteiger charge is -2.20. The normalized spacial score (nSPS) is 33.9. The number of carbonyl (C=O) groups excluding carboxylic acids is 1. The van der Waals surface area contributed by atoms with Crippen LogP contribution < -0.4 is 0 Å². The van der Waals surface area contributed by atoms with Gasteiger partial charge in [0.2, 0.25) is 0 Å². The first kappa shape index (κ1) is 10.9. The van der Waals surface area contributed by atoms with Gasteiger partial charge in [0.25, 0.3) is 0 Å². The van der Waals surface area contributed by atoms with Crippen LogP contribution in [0, 0.1) is 0 Å². The summed E-state index contributed by atoms with van der Waals surface area (Å²) in [6, 6.07) is 0. The highest BCUT2D eigenvalue weighted by Gasteiger charge is 2.38. The molecule has 0 radical (unpaired) electrons. The van der Waals surface area contributed by atoms with Gasteiger partial charge in [-0.05, 0) is 32.6 Å². The number of esters is 1. The van der Waals surface area contributed by atoms with Gasteiger partial charge in [-0.1, -0.05) is 5.57 Å². The van der Waals surface area contributed by atoms with E-state index in [9.17, 15) is 9.00 Å². The Morgan fingerprint density at radius 3 is 2.60 bits per heavy atom. The van der Waals surface area contributed by atoms with Crippen molar-refractivity contribution in [3.8, 4) is 0 Å². The first-order valence-electron chi connectivity index (χ1n) is 5.46. The van der Waals surface area contributed by atoms with Crippen LogP contribution in [0.1, 0.15) is 32.6 Å². The van der Waals surface area contributed by atoms with Crippen molar-refractivity contribution in [1.29, 1.82) is 0 Å². The summed E-state index contributed by atoms with van der Waals surface area (Å²) in [7, 11) is -0.651. The van der Waals surface area contributed by atoms with Crippen molar-refractivity contribution in [1.82, 2.24) is 0 Å². The van der Waals surface area contributed by atoms with Gasteiger partial charge < -0.3 is 4.74 Å². The lowest BCUT2D eigenvalue weighted by molar-refractivity contribution is -0.137. The van der Waals surface area contributed by atoms with Crippen LogP contribution in [0.5, 0.6) is 0 Å². The highest BCUT2D eigenvalue weighted by Crippen LogP contribution is 2.38. The predicted octanol–water partition coefficient (Wildman–Crippen LogP) is 1.55. The fourth-order valence-electron chi connectivity index (χ4n) is 2.38. The molecule has 0 aromatic carbocycles. The SMILES string of the molecule is CCOC(=O)C=C1CC2CCC(C1)S2=O. The molecular weight excluding hydrogens is 212 g/mol. The van der Waals surface area contributed by atoms with Crippen LogP contribution in [-0.2, 0) is 20.3 Å². The van der Waals surface area contributed by atoms with Gasteiger partial charge in [0.15, 0.2) is 0 Å². The molecule has 0 aromatic rings. The summed E-state index contributed by atoms with van der Waals surface area (Å²) in [6.07, 6.45) is 5.35. The number of hydrogen-bond acceptors (Lipinski definition) is 3. The van der Waals surface area contributed by atoms with Gasteiger partial charge >= 0.3 is 5.97 Å². The van der Waals surface area contributed by atoms with Crippen LogP contribution in [0.15, 0.2) is 11.6 Å². The van der Waals surface area contributed by atoms with E-state index >= 15 is 0 Å². The van der Waals surface area contributed by atoms with Crippen molar-refractivity contribution in [2.45, 2.75) is 43.1 Å². The van der Waals surface area contributed by atoms with Crippen molar-refractivity contribution in [3.63, 3.8) is 0 Å². The third kappa shape index (κ3) is 2.30. The Kier molecular flexibility index (Phi) is 3.24. The fourth-order valence-corrected chi connectivity index (χ4v) is 4.42. The molecule has 0 saturated carbocycles. The first-order valence-corrected chi connectivity index (χ1v) is 6.74. The van der Waals surface area contributed by atoms with E-state index in [1.807, 2.05) is 0 Å². The third-order valence-electron chi connectivity index (χ3n) is 3.06. The number of fused-ring (bicyclic) bond motifs is 2. The quantitative estimate of drug-likeness (QED) is 0.532. The molecule has 2 heterocycles. The second kappa shape index (κ2) is 4.47. The highest BCUT2D eigenvalue weighted by atomic mass is 32.2. The molecule has 0 aliphatic carbocycles. The van der Waals surface area contributed by atoms with E-state index in [2.05, 4.69) is 0 Å². The summed E-state index contributed by atoms with van der Waals surface area (Å²) in [5.41, 5.74) is 1.13. The fraction of sp³-hybridized carbons (Fsp3) is 0.727. The van der Waals surface area contributed by atoms with Crippen LogP contribution in [0.3, 0.4) is 0 Å². The monoisotopic (exact) mass is 228 g/mol. The molecule has 2 rings (SSSR count). The third-order valence-corrected chi connectivity index (χ3v) is 5.17. The molecule has 2 atom stereocenters. The smallest absolute Gasteiger partial charge is 0.330 e. The van der Waals surface area contributed by atoms with Crippen molar-refractivity contribution < 1.29 is 13.7 Å². The van der Waals surface area contributed by atoms with Gasteiger partial charge in [-0.15, -0.1) is 0 Å². The zero-order valence-corrected chi connectivity index (χ0v) is 9.72. The Hall–Kier alpha value is -0.640. The minimum absolute atomic E-state index is 0.250. The predicted molar refractivity (Wildman–Crippen MR) is 58.9 cm³/mol.